The highest BCUT2D eigenvalue weighted by molar-refractivity contribution is 9.11. The van der Waals surface area contributed by atoms with Gasteiger partial charge in [0, 0.05) is 12.6 Å². The summed E-state index contributed by atoms with van der Waals surface area (Å²) in [6.07, 6.45) is 0.906. The Bertz CT molecular complexity index is 508. The fraction of sp³-hybridized carbons (Fsp3) is 0.364. The van der Waals surface area contributed by atoms with Crippen LogP contribution in [0, 0.1) is 6.92 Å². The molecule has 5 heteroatoms. The first-order valence-corrected chi connectivity index (χ1v) is 6.73. The third-order valence-corrected chi connectivity index (χ3v) is 4.78. The Labute approximate surface area is 107 Å². The lowest BCUT2D eigenvalue weighted by Crippen LogP contribution is -1.98. The smallest absolute Gasteiger partial charge is 0.125 e. The van der Waals surface area contributed by atoms with Crippen LogP contribution in [-0.2, 0) is 13.5 Å². The quantitative estimate of drug-likeness (QED) is 0.924. The van der Waals surface area contributed by atoms with Gasteiger partial charge in [-0.2, -0.15) is 5.10 Å². The van der Waals surface area contributed by atoms with Gasteiger partial charge in [0.05, 0.1) is 8.66 Å². The van der Waals surface area contributed by atoms with Crippen LogP contribution in [0.25, 0.3) is 10.6 Å². The molecule has 16 heavy (non-hydrogen) atoms. The van der Waals surface area contributed by atoms with Gasteiger partial charge in [-0.3, -0.25) is 4.68 Å². The number of thiophene rings is 1. The fourth-order valence-corrected chi connectivity index (χ4v) is 3.25. The average molecular weight is 300 g/mol. The lowest BCUT2D eigenvalue weighted by molar-refractivity contribution is 0.782. The van der Waals surface area contributed by atoms with Gasteiger partial charge < -0.3 is 5.73 Å². The molecule has 0 bridgehead atoms. The van der Waals surface area contributed by atoms with Gasteiger partial charge >= 0.3 is 0 Å². The SMILES string of the molecule is CCc1c(-c2cc(C)c(Br)s2)nn(C)c1N. The molecular formula is C11H14BrN3S. The van der Waals surface area contributed by atoms with Gasteiger partial charge in [0.15, 0.2) is 0 Å². The van der Waals surface area contributed by atoms with Crippen LogP contribution < -0.4 is 5.73 Å². The van der Waals surface area contributed by atoms with E-state index in [0.29, 0.717) is 0 Å². The van der Waals surface area contributed by atoms with Crippen molar-refractivity contribution in [1.82, 2.24) is 9.78 Å². The average Bonchev–Trinajstić information content (AvgIpc) is 2.71. The van der Waals surface area contributed by atoms with Crippen LogP contribution in [0.5, 0.6) is 0 Å². The van der Waals surface area contributed by atoms with Gasteiger partial charge in [0.2, 0.25) is 0 Å². The number of nitrogen functional groups attached to an aromatic ring is 1. The second kappa shape index (κ2) is 4.22. The summed E-state index contributed by atoms with van der Waals surface area (Å²) >= 11 is 5.24. The fourth-order valence-electron chi connectivity index (χ4n) is 1.70. The topological polar surface area (TPSA) is 43.8 Å². The molecule has 0 spiro atoms. The Kier molecular flexibility index (Phi) is 3.08. The molecule has 0 aromatic carbocycles. The third kappa shape index (κ3) is 1.78. The maximum absolute atomic E-state index is 5.99. The van der Waals surface area contributed by atoms with E-state index in [1.165, 1.54) is 10.4 Å². The summed E-state index contributed by atoms with van der Waals surface area (Å²) < 4.78 is 2.91. The van der Waals surface area contributed by atoms with Crippen LogP contribution in [0.1, 0.15) is 18.1 Å². The summed E-state index contributed by atoms with van der Waals surface area (Å²) in [7, 11) is 1.88. The molecule has 2 aromatic rings. The van der Waals surface area contributed by atoms with Crippen molar-refractivity contribution in [2.75, 3.05) is 5.73 Å². The highest BCUT2D eigenvalue weighted by atomic mass is 79.9. The Morgan fingerprint density at radius 3 is 2.75 bits per heavy atom. The van der Waals surface area contributed by atoms with E-state index in [1.807, 2.05) is 7.05 Å². The number of rotatable bonds is 2. The Morgan fingerprint density at radius 2 is 2.25 bits per heavy atom. The largest absolute Gasteiger partial charge is 0.384 e. The number of hydrogen-bond donors (Lipinski definition) is 1. The summed E-state index contributed by atoms with van der Waals surface area (Å²) in [6.45, 7) is 4.19. The highest BCUT2D eigenvalue weighted by Crippen LogP contribution is 2.37. The monoisotopic (exact) mass is 299 g/mol. The Hall–Kier alpha value is -0.810. The van der Waals surface area contributed by atoms with Crippen LogP contribution in [0.15, 0.2) is 9.85 Å². The van der Waals surface area contributed by atoms with Crippen molar-refractivity contribution in [2.24, 2.45) is 7.05 Å². The molecule has 0 aliphatic carbocycles. The van der Waals surface area contributed by atoms with Crippen LogP contribution in [0.3, 0.4) is 0 Å². The Morgan fingerprint density at radius 1 is 1.56 bits per heavy atom. The van der Waals surface area contributed by atoms with E-state index in [-0.39, 0.29) is 0 Å². The minimum absolute atomic E-state index is 0.764. The van der Waals surface area contributed by atoms with Crippen molar-refractivity contribution >= 4 is 33.1 Å². The minimum Gasteiger partial charge on any atom is -0.384 e. The molecule has 0 unspecified atom stereocenters. The van der Waals surface area contributed by atoms with Crippen molar-refractivity contribution < 1.29 is 0 Å². The minimum atomic E-state index is 0.764. The molecule has 0 aliphatic heterocycles. The summed E-state index contributed by atoms with van der Waals surface area (Å²) in [5, 5.41) is 4.49. The zero-order chi connectivity index (χ0) is 11.9. The van der Waals surface area contributed by atoms with E-state index in [0.717, 1.165) is 27.3 Å². The number of nitrogens with zero attached hydrogens (tertiary/aromatic N) is 2. The summed E-state index contributed by atoms with van der Waals surface area (Å²) in [5.74, 6) is 0.764. The standard InChI is InChI=1S/C11H14BrN3S/c1-4-7-9(14-15(3)11(7)13)8-5-6(2)10(12)16-8/h5H,4,13H2,1-3H3. The normalized spacial score (nSPS) is 11.0. The Balaban J connectivity index is 2.59. The van der Waals surface area contributed by atoms with Crippen molar-refractivity contribution in [1.29, 1.82) is 0 Å². The summed E-state index contributed by atoms with van der Waals surface area (Å²) in [4.78, 5) is 1.17. The van der Waals surface area contributed by atoms with E-state index in [9.17, 15) is 0 Å². The number of aromatic nitrogens is 2. The molecule has 2 N–H and O–H groups in total. The van der Waals surface area contributed by atoms with E-state index in [4.69, 9.17) is 5.73 Å². The number of anilines is 1. The second-order valence-corrected chi connectivity index (χ2v) is 6.13. The first-order chi connectivity index (χ1) is 7.54. The van der Waals surface area contributed by atoms with Gasteiger partial charge in [0.25, 0.3) is 0 Å². The maximum atomic E-state index is 5.99. The van der Waals surface area contributed by atoms with Crippen LogP contribution >= 0.6 is 27.3 Å². The first kappa shape index (κ1) is 11.7. The maximum Gasteiger partial charge on any atom is 0.125 e. The van der Waals surface area contributed by atoms with Gasteiger partial charge in [0.1, 0.15) is 11.5 Å². The van der Waals surface area contributed by atoms with E-state index in [1.54, 1.807) is 16.0 Å². The molecule has 2 rings (SSSR count). The molecule has 86 valence electrons. The predicted octanol–water partition coefficient (Wildman–Crippen LogP) is 3.36. The zero-order valence-corrected chi connectivity index (χ0v) is 11.9. The number of aryl methyl sites for hydroxylation is 2. The summed E-state index contributed by atoms with van der Waals surface area (Å²) in [5.41, 5.74) is 9.38. The van der Waals surface area contributed by atoms with Crippen LogP contribution in [0.4, 0.5) is 5.82 Å². The molecule has 2 aromatic heterocycles. The van der Waals surface area contributed by atoms with Gasteiger partial charge in [-0.15, -0.1) is 11.3 Å². The van der Waals surface area contributed by atoms with Crippen molar-refractivity contribution in [2.45, 2.75) is 20.3 Å². The molecule has 0 radical (unpaired) electrons. The van der Waals surface area contributed by atoms with Crippen molar-refractivity contribution in [3.05, 3.63) is 21.0 Å². The van der Waals surface area contributed by atoms with Crippen molar-refractivity contribution in [3.63, 3.8) is 0 Å². The number of hydrogen-bond acceptors (Lipinski definition) is 3. The van der Waals surface area contributed by atoms with E-state index >= 15 is 0 Å². The van der Waals surface area contributed by atoms with Gasteiger partial charge in [-0.25, -0.2) is 0 Å². The molecule has 0 saturated heterocycles. The zero-order valence-electron chi connectivity index (χ0n) is 9.54. The first-order valence-electron chi connectivity index (χ1n) is 5.12. The van der Waals surface area contributed by atoms with Crippen molar-refractivity contribution in [3.8, 4) is 10.6 Å². The molecule has 2 heterocycles. The third-order valence-electron chi connectivity index (χ3n) is 2.64. The van der Waals surface area contributed by atoms with Gasteiger partial charge in [-0.05, 0) is 40.9 Å². The molecular weight excluding hydrogens is 286 g/mol. The van der Waals surface area contributed by atoms with Crippen LogP contribution in [0.2, 0.25) is 0 Å². The molecule has 0 atom stereocenters. The molecule has 0 aliphatic rings. The van der Waals surface area contributed by atoms with Crippen LogP contribution in [-0.4, -0.2) is 9.78 Å². The molecule has 3 nitrogen and oxygen atoms in total. The number of nitrogens with two attached hydrogens (primary N) is 1. The van der Waals surface area contributed by atoms with Gasteiger partial charge in [-0.1, -0.05) is 6.92 Å². The number of halogens is 1. The molecule has 0 amide bonds. The van der Waals surface area contributed by atoms with E-state index < -0.39 is 0 Å². The predicted molar refractivity (Wildman–Crippen MR) is 72.7 cm³/mol. The van der Waals surface area contributed by atoms with E-state index in [2.05, 4.69) is 40.9 Å². The lowest BCUT2D eigenvalue weighted by atomic mass is 10.1. The lowest BCUT2D eigenvalue weighted by Gasteiger charge is -1.96. The second-order valence-electron chi connectivity index (χ2n) is 3.76. The molecule has 0 fully saturated rings. The summed E-state index contributed by atoms with van der Waals surface area (Å²) in [6, 6.07) is 2.15. The highest BCUT2D eigenvalue weighted by Gasteiger charge is 2.16. The molecule has 0 saturated carbocycles.